The van der Waals surface area contributed by atoms with Crippen LogP contribution in [0.1, 0.15) is 0 Å². The molecule has 0 amide bonds. The van der Waals surface area contributed by atoms with Gasteiger partial charge in [0.05, 0.1) is 26.1 Å². The predicted molar refractivity (Wildman–Crippen MR) is 78.5 cm³/mol. The second-order valence-electron chi connectivity index (χ2n) is 4.58. The molecule has 132 valence electrons. The SMILES string of the molecule is COc1cc(F)c(NS(=O)(=O)c2cnn(CC(F)F)c2)cc1OC. The van der Waals surface area contributed by atoms with E-state index in [1.165, 1.54) is 14.2 Å². The molecule has 0 fully saturated rings. The van der Waals surface area contributed by atoms with Gasteiger partial charge in [0.2, 0.25) is 0 Å². The minimum Gasteiger partial charge on any atom is -0.493 e. The fraction of sp³-hybridized carbons (Fsp3) is 0.308. The van der Waals surface area contributed by atoms with Crippen molar-refractivity contribution in [3.63, 3.8) is 0 Å². The van der Waals surface area contributed by atoms with Crippen LogP contribution in [0.4, 0.5) is 18.9 Å². The van der Waals surface area contributed by atoms with Crippen LogP contribution in [-0.2, 0) is 16.6 Å². The van der Waals surface area contributed by atoms with E-state index in [1.54, 1.807) is 0 Å². The number of hydrogen-bond donors (Lipinski definition) is 1. The lowest BCUT2D eigenvalue weighted by Crippen LogP contribution is -2.14. The van der Waals surface area contributed by atoms with E-state index in [2.05, 4.69) is 5.10 Å². The van der Waals surface area contributed by atoms with Gasteiger partial charge >= 0.3 is 0 Å². The Kier molecular flexibility index (Phi) is 5.22. The Bertz CT molecular complexity index is 824. The van der Waals surface area contributed by atoms with Crippen molar-refractivity contribution >= 4 is 15.7 Å². The van der Waals surface area contributed by atoms with Crippen LogP contribution < -0.4 is 14.2 Å². The molecule has 0 saturated heterocycles. The van der Waals surface area contributed by atoms with E-state index in [9.17, 15) is 21.6 Å². The van der Waals surface area contributed by atoms with Crippen molar-refractivity contribution in [3.8, 4) is 11.5 Å². The Labute approximate surface area is 136 Å². The molecule has 0 bridgehead atoms. The van der Waals surface area contributed by atoms with Gasteiger partial charge < -0.3 is 9.47 Å². The lowest BCUT2D eigenvalue weighted by atomic mass is 10.2. The van der Waals surface area contributed by atoms with Crippen molar-refractivity contribution in [2.45, 2.75) is 17.9 Å². The van der Waals surface area contributed by atoms with Crippen molar-refractivity contribution in [1.29, 1.82) is 0 Å². The Morgan fingerprint density at radius 2 is 1.88 bits per heavy atom. The Balaban J connectivity index is 2.30. The summed E-state index contributed by atoms with van der Waals surface area (Å²) in [6, 6.07) is 2.06. The van der Waals surface area contributed by atoms with Gasteiger partial charge in [-0.05, 0) is 0 Å². The normalized spacial score (nSPS) is 11.6. The number of methoxy groups -OCH3 is 2. The Morgan fingerprint density at radius 1 is 1.25 bits per heavy atom. The molecule has 1 heterocycles. The van der Waals surface area contributed by atoms with E-state index in [1.807, 2.05) is 4.72 Å². The molecule has 1 aromatic heterocycles. The maximum Gasteiger partial charge on any atom is 0.265 e. The standard InChI is InChI=1S/C13H14F3N3O4S/c1-22-11-3-9(14)10(4-12(11)23-2)18-24(20,21)8-5-17-19(6-8)7-13(15)16/h3-6,13,18H,7H2,1-2H3. The van der Waals surface area contributed by atoms with Crippen LogP contribution in [0, 0.1) is 5.82 Å². The second kappa shape index (κ2) is 6.99. The number of alkyl halides is 2. The molecule has 0 unspecified atom stereocenters. The number of nitrogens with zero attached hydrogens (tertiary/aromatic N) is 2. The zero-order valence-corrected chi connectivity index (χ0v) is 13.5. The van der Waals surface area contributed by atoms with Gasteiger partial charge in [0.25, 0.3) is 16.4 Å². The average Bonchev–Trinajstić information content (AvgIpc) is 2.97. The molecule has 0 radical (unpaired) electrons. The number of benzene rings is 1. The third kappa shape index (κ3) is 3.91. The highest BCUT2D eigenvalue weighted by atomic mass is 32.2. The monoisotopic (exact) mass is 365 g/mol. The lowest BCUT2D eigenvalue weighted by molar-refractivity contribution is 0.121. The zero-order valence-electron chi connectivity index (χ0n) is 12.7. The molecule has 1 aromatic carbocycles. The van der Waals surface area contributed by atoms with Crippen LogP contribution >= 0.6 is 0 Å². The summed E-state index contributed by atoms with van der Waals surface area (Å²) < 4.78 is 75.7. The van der Waals surface area contributed by atoms with E-state index in [-0.39, 0.29) is 22.1 Å². The summed E-state index contributed by atoms with van der Waals surface area (Å²) in [5.41, 5.74) is -0.380. The van der Waals surface area contributed by atoms with Crippen LogP contribution in [0.15, 0.2) is 29.4 Å². The lowest BCUT2D eigenvalue weighted by Gasteiger charge is -2.12. The van der Waals surface area contributed by atoms with Gasteiger partial charge in [0, 0.05) is 18.3 Å². The molecule has 0 aliphatic rings. The predicted octanol–water partition coefficient (Wildman–Crippen LogP) is 2.11. The summed E-state index contributed by atoms with van der Waals surface area (Å²) in [7, 11) is -1.60. The fourth-order valence-corrected chi connectivity index (χ4v) is 2.87. The van der Waals surface area contributed by atoms with Crippen molar-refractivity contribution in [2.75, 3.05) is 18.9 Å². The summed E-state index contributed by atoms with van der Waals surface area (Å²) in [6.45, 7) is -0.750. The zero-order chi connectivity index (χ0) is 17.9. The molecular formula is C13H14F3N3O4S. The van der Waals surface area contributed by atoms with Crippen molar-refractivity contribution in [1.82, 2.24) is 9.78 Å². The molecule has 0 saturated carbocycles. The van der Waals surface area contributed by atoms with E-state index < -0.39 is 28.8 Å². The molecule has 2 rings (SSSR count). The van der Waals surface area contributed by atoms with E-state index in [0.717, 1.165) is 29.2 Å². The average molecular weight is 365 g/mol. The van der Waals surface area contributed by atoms with Crippen LogP contribution in [-0.4, -0.2) is 38.8 Å². The maximum absolute atomic E-state index is 14.0. The number of aromatic nitrogens is 2. The van der Waals surface area contributed by atoms with E-state index in [4.69, 9.17) is 9.47 Å². The van der Waals surface area contributed by atoms with E-state index in [0.29, 0.717) is 0 Å². The van der Waals surface area contributed by atoms with Crippen molar-refractivity contribution in [2.24, 2.45) is 0 Å². The summed E-state index contributed by atoms with van der Waals surface area (Å²) in [6.07, 6.45) is -0.868. The largest absolute Gasteiger partial charge is 0.493 e. The topological polar surface area (TPSA) is 82.5 Å². The highest BCUT2D eigenvalue weighted by molar-refractivity contribution is 7.92. The number of hydrogen-bond acceptors (Lipinski definition) is 5. The van der Waals surface area contributed by atoms with Crippen LogP contribution in [0.25, 0.3) is 0 Å². The summed E-state index contributed by atoms with van der Waals surface area (Å²) in [5.74, 6) is -0.691. The number of sulfonamides is 1. The molecule has 1 N–H and O–H groups in total. The van der Waals surface area contributed by atoms with Gasteiger partial charge in [-0.25, -0.2) is 21.6 Å². The van der Waals surface area contributed by atoms with Gasteiger partial charge in [-0.1, -0.05) is 0 Å². The maximum atomic E-state index is 14.0. The first-order valence-electron chi connectivity index (χ1n) is 6.51. The fourth-order valence-electron chi connectivity index (χ4n) is 1.86. The third-order valence-corrected chi connectivity index (χ3v) is 4.28. The number of rotatable bonds is 7. The first-order chi connectivity index (χ1) is 11.3. The molecule has 0 spiro atoms. The van der Waals surface area contributed by atoms with E-state index >= 15 is 0 Å². The van der Waals surface area contributed by atoms with Crippen LogP contribution in [0.2, 0.25) is 0 Å². The number of anilines is 1. The van der Waals surface area contributed by atoms with Crippen LogP contribution in [0.3, 0.4) is 0 Å². The highest BCUT2D eigenvalue weighted by Crippen LogP contribution is 2.33. The summed E-state index contributed by atoms with van der Waals surface area (Å²) >= 11 is 0. The quantitative estimate of drug-likeness (QED) is 0.813. The first-order valence-corrected chi connectivity index (χ1v) is 8.00. The molecule has 0 aliphatic heterocycles. The Hall–Kier alpha value is -2.43. The van der Waals surface area contributed by atoms with Gasteiger partial charge in [0.15, 0.2) is 17.3 Å². The molecular weight excluding hydrogens is 351 g/mol. The van der Waals surface area contributed by atoms with Crippen molar-refractivity contribution in [3.05, 3.63) is 30.3 Å². The molecule has 2 aromatic rings. The molecule has 11 heteroatoms. The van der Waals surface area contributed by atoms with Crippen molar-refractivity contribution < 1.29 is 31.1 Å². The summed E-state index contributed by atoms with van der Waals surface area (Å²) in [5, 5.41) is 3.53. The molecule has 7 nitrogen and oxygen atoms in total. The summed E-state index contributed by atoms with van der Waals surface area (Å²) in [4.78, 5) is -0.377. The third-order valence-electron chi connectivity index (χ3n) is 2.96. The Morgan fingerprint density at radius 3 is 2.46 bits per heavy atom. The molecule has 0 atom stereocenters. The van der Waals surface area contributed by atoms with Gasteiger partial charge in [-0.15, -0.1) is 0 Å². The number of ether oxygens (including phenoxy) is 2. The molecule has 0 aliphatic carbocycles. The van der Waals surface area contributed by atoms with Gasteiger partial charge in [-0.3, -0.25) is 9.40 Å². The molecule has 24 heavy (non-hydrogen) atoms. The van der Waals surface area contributed by atoms with Crippen LogP contribution in [0.5, 0.6) is 11.5 Å². The number of nitrogens with one attached hydrogen (secondary N) is 1. The second-order valence-corrected chi connectivity index (χ2v) is 6.26. The highest BCUT2D eigenvalue weighted by Gasteiger charge is 2.21. The smallest absolute Gasteiger partial charge is 0.265 e. The minimum absolute atomic E-state index is 0.0858. The number of halogens is 3. The van der Waals surface area contributed by atoms with Gasteiger partial charge in [0.1, 0.15) is 11.4 Å². The minimum atomic E-state index is -4.21. The first kappa shape index (κ1) is 17.9. The van der Waals surface area contributed by atoms with Gasteiger partial charge in [-0.2, -0.15) is 5.10 Å².